The maximum absolute atomic E-state index is 11.6. The Balaban J connectivity index is 1.43. The lowest BCUT2D eigenvalue weighted by Gasteiger charge is -2.24. The molecule has 1 aromatic heterocycles. The van der Waals surface area contributed by atoms with Crippen LogP contribution in [0.25, 0.3) is 69.1 Å². The van der Waals surface area contributed by atoms with Gasteiger partial charge in [0.05, 0.1) is 70.6 Å². The third-order valence-corrected chi connectivity index (χ3v) is 16.3. The number of rotatable bonds is 14. The van der Waals surface area contributed by atoms with Crippen molar-refractivity contribution in [2.75, 3.05) is 12.3 Å². The summed E-state index contributed by atoms with van der Waals surface area (Å²) in [5.41, 5.74) is 25.9. The second-order valence-corrected chi connectivity index (χ2v) is 27.9. The summed E-state index contributed by atoms with van der Waals surface area (Å²) in [6.45, 7) is 31.5. The highest BCUT2D eigenvalue weighted by Gasteiger charge is 2.26. The molecule has 10 bridgehead atoms. The Hall–Kier alpha value is -9.80. The molecule has 0 unspecified atom stereocenters. The summed E-state index contributed by atoms with van der Waals surface area (Å²) < 4.78 is 7.06. The predicted octanol–water partition coefficient (Wildman–Crippen LogP) is 18.3. The number of esters is 1. The van der Waals surface area contributed by atoms with Crippen LogP contribution in [-0.2, 0) is 37.7 Å². The SMILES string of the molecule is C=C(C)C(=O)OCCCCCCCCCCCn1cc(-c2cc3cc(c2)/C(C#N)=C/c2cc(cc(C(C)(C)C)c2)C(C#N)=Cc2cc(cc(C(C)(C)C)c2)/C(C#N)=C/c2cc(cc(C(C)(C)C)c2)/C(C#N)=C(\N)c2cc(C(C)(C)C)cc(c2N)/C(C#N)=C/3)nn1. The van der Waals surface area contributed by atoms with Gasteiger partial charge in [-0.25, -0.2) is 4.79 Å². The van der Waals surface area contributed by atoms with E-state index in [0.717, 1.165) is 85.6 Å². The monoisotopic (exact) mass is 1190 g/mol. The van der Waals surface area contributed by atoms with Crippen molar-refractivity contribution in [1.29, 1.82) is 26.3 Å². The molecule has 7 rings (SSSR count). The maximum Gasteiger partial charge on any atom is 0.333 e. The zero-order chi connectivity index (χ0) is 65.9. The van der Waals surface area contributed by atoms with Gasteiger partial charge in [-0.15, -0.1) is 5.10 Å². The number of hydrogen-bond donors (Lipinski definition) is 2. The number of benzene rings is 5. The summed E-state index contributed by atoms with van der Waals surface area (Å²) >= 11 is 0. The number of carbonyl (C=O) groups excluding carboxylic acids is 1. The second kappa shape index (κ2) is 28.6. The zero-order valence-electron chi connectivity index (χ0n) is 55.0. The summed E-state index contributed by atoms with van der Waals surface area (Å²) in [5.74, 6) is -0.332. The van der Waals surface area contributed by atoms with Gasteiger partial charge in [-0.3, -0.25) is 4.68 Å². The van der Waals surface area contributed by atoms with Gasteiger partial charge < -0.3 is 16.2 Å². The van der Waals surface area contributed by atoms with Crippen LogP contribution in [0.5, 0.6) is 0 Å². The molecule has 0 fully saturated rings. The number of fused-ring (bicyclic) bond motifs is 10. The smallest absolute Gasteiger partial charge is 0.333 e. The third kappa shape index (κ3) is 17.3. The second-order valence-electron chi connectivity index (χ2n) is 27.9. The normalized spacial score (nSPS) is 15.6. The van der Waals surface area contributed by atoms with Gasteiger partial charge in [0.25, 0.3) is 0 Å². The van der Waals surface area contributed by atoms with Gasteiger partial charge in [-0.1, -0.05) is 158 Å². The Morgan fingerprint density at radius 1 is 0.478 bits per heavy atom. The van der Waals surface area contributed by atoms with Crippen molar-refractivity contribution in [3.8, 4) is 41.6 Å². The largest absolute Gasteiger partial charge is 0.462 e. The number of nitrogens with two attached hydrogens (primary N) is 2. The predicted molar refractivity (Wildman–Crippen MR) is 368 cm³/mol. The molecule has 0 atom stereocenters. The van der Waals surface area contributed by atoms with Gasteiger partial charge in [-0.2, -0.15) is 26.3 Å². The molecule has 0 saturated heterocycles. The lowest BCUT2D eigenvalue weighted by atomic mass is 9.81. The molecule has 0 aliphatic heterocycles. The highest BCUT2D eigenvalue weighted by atomic mass is 16.5. The van der Waals surface area contributed by atoms with E-state index in [1.54, 1.807) is 13.0 Å². The van der Waals surface area contributed by atoms with Crippen LogP contribution in [0, 0.1) is 56.7 Å². The molecule has 4 N–H and O–H groups in total. The van der Waals surface area contributed by atoms with Crippen LogP contribution in [0.1, 0.15) is 226 Å². The van der Waals surface area contributed by atoms with Crippen LogP contribution >= 0.6 is 0 Å². The van der Waals surface area contributed by atoms with Crippen LogP contribution in [0.2, 0.25) is 0 Å². The summed E-state index contributed by atoms with van der Waals surface area (Å²) in [7, 11) is 0. The van der Waals surface area contributed by atoms with E-state index in [9.17, 15) is 31.1 Å². The molecule has 12 heteroatoms. The maximum atomic E-state index is 11.6. The number of nitriles is 5. The number of unbranched alkanes of at least 4 members (excludes halogenated alkanes) is 8. The van der Waals surface area contributed by atoms with E-state index >= 15 is 0 Å². The Morgan fingerprint density at radius 3 is 1.30 bits per heavy atom. The number of allylic oxidation sites excluding steroid dienone is 5. The van der Waals surface area contributed by atoms with Crippen molar-refractivity contribution in [2.45, 2.75) is 176 Å². The standard InChI is InChI=1S/C78H86N10O2/c1-50(2)74(89)90-25-23-21-19-17-15-16-18-20-22-24-88-49-71(86-87-88)59-30-51-26-55(38-59)60(44-79)31-52-27-56(39-64(35-52)75(3,4)5)61(45-80)32-53-28-57(40-65(36-53)76(6,7)8)62(46-81)33-54-29-58(41-66(37-54)77(9,10)11)70(48-83)73(85)69-43-67(78(12,13)14)42-68(72(69)84)63(34-51)47-82/h26-43,49H,1,15-25,84-85H2,2-14H3/b60-31+,61-32?,62-33+,63-34+,73-70-. The van der Waals surface area contributed by atoms with Crippen LogP contribution in [0.15, 0.2) is 103 Å². The fourth-order valence-corrected chi connectivity index (χ4v) is 10.8. The average molecular weight is 1200 g/mol. The topological polar surface area (TPSA) is 228 Å². The first-order chi connectivity index (χ1) is 42.4. The van der Waals surface area contributed by atoms with Crippen molar-refractivity contribution in [3.05, 3.63) is 181 Å². The summed E-state index contributed by atoms with van der Waals surface area (Å²) in [6.07, 6.45) is 18.6. The third-order valence-electron chi connectivity index (χ3n) is 16.3. The van der Waals surface area contributed by atoms with E-state index in [-0.39, 0.29) is 39.3 Å². The first-order valence-corrected chi connectivity index (χ1v) is 31.1. The van der Waals surface area contributed by atoms with Gasteiger partial charge in [-0.05, 0) is 199 Å². The quantitative estimate of drug-likeness (QED) is 0.0451. The minimum atomic E-state index is -0.473. The molecule has 0 amide bonds. The molecule has 1 heterocycles. The molecule has 5 aromatic carbocycles. The summed E-state index contributed by atoms with van der Waals surface area (Å²) in [6, 6.07) is 39.7. The van der Waals surface area contributed by atoms with E-state index in [0.29, 0.717) is 96.8 Å². The van der Waals surface area contributed by atoms with Crippen molar-refractivity contribution < 1.29 is 9.53 Å². The number of aryl methyl sites for hydroxylation is 1. The first kappa shape index (κ1) is 67.7. The Labute approximate surface area is 534 Å². The Morgan fingerprint density at radius 2 is 0.856 bits per heavy atom. The van der Waals surface area contributed by atoms with E-state index in [1.165, 1.54) is 0 Å². The number of hydrogen-bond acceptors (Lipinski definition) is 11. The number of ether oxygens (including phenoxy) is 1. The number of nitrogens with zero attached hydrogens (tertiary/aromatic N) is 8. The number of carbonyl (C=O) groups is 1. The Bertz CT molecular complexity index is 4130. The Kier molecular flexibility index (Phi) is 21.5. The zero-order valence-corrected chi connectivity index (χ0v) is 55.0. The fourth-order valence-electron chi connectivity index (χ4n) is 10.8. The van der Waals surface area contributed by atoms with Gasteiger partial charge in [0.2, 0.25) is 0 Å². The van der Waals surface area contributed by atoms with Gasteiger partial charge in [0, 0.05) is 34.5 Å². The molecule has 12 nitrogen and oxygen atoms in total. The molecular weight excluding hydrogens is 1110 g/mol. The molecule has 0 radical (unpaired) electrons. The highest BCUT2D eigenvalue weighted by molar-refractivity contribution is 6.04. The minimum absolute atomic E-state index is 0.118. The van der Waals surface area contributed by atoms with Gasteiger partial charge in [0.15, 0.2) is 0 Å². The van der Waals surface area contributed by atoms with Crippen molar-refractivity contribution >= 4 is 69.5 Å². The highest BCUT2D eigenvalue weighted by Crippen LogP contribution is 2.40. The minimum Gasteiger partial charge on any atom is -0.462 e. The number of aromatic nitrogens is 3. The molecule has 6 aromatic rings. The average Bonchev–Trinajstić information content (AvgIpc) is 1.08. The molecule has 1 aliphatic carbocycles. The molecule has 90 heavy (non-hydrogen) atoms. The van der Waals surface area contributed by atoms with Crippen LogP contribution < -0.4 is 11.5 Å². The van der Waals surface area contributed by atoms with Crippen LogP contribution in [0.3, 0.4) is 0 Å². The van der Waals surface area contributed by atoms with E-state index in [4.69, 9.17) is 16.2 Å². The molecule has 460 valence electrons. The number of nitrogen functional groups attached to an aromatic ring is 1. The lowest BCUT2D eigenvalue weighted by molar-refractivity contribution is -0.139. The lowest BCUT2D eigenvalue weighted by Crippen LogP contribution is -2.15. The van der Waals surface area contributed by atoms with Crippen molar-refractivity contribution in [2.24, 2.45) is 5.73 Å². The summed E-state index contributed by atoms with van der Waals surface area (Å²) in [5, 5.41) is 65.2. The van der Waals surface area contributed by atoms with E-state index in [1.807, 2.05) is 108 Å². The van der Waals surface area contributed by atoms with Gasteiger partial charge >= 0.3 is 5.97 Å². The van der Waals surface area contributed by atoms with Gasteiger partial charge in [0.1, 0.15) is 11.8 Å². The van der Waals surface area contributed by atoms with Crippen LogP contribution in [0.4, 0.5) is 5.69 Å². The fraction of sp³-hybridized carbons (Fsp3) is 0.359. The summed E-state index contributed by atoms with van der Waals surface area (Å²) in [4.78, 5) is 11.6. The van der Waals surface area contributed by atoms with E-state index in [2.05, 4.69) is 136 Å². The van der Waals surface area contributed by atoms with E-state index < -0.39 is 10.8 Å². The molecule has 0 saturated carbocycles. The van der Waals surface area contributed by atoms with Crippen molar-refractivity contribution in [3.63, 3.8) is 0 Å². The molecule has 0 spiro atoms. The van der Waals surface area contributed by atoms with Crippen LogP contribution in [-0.4, -0.2) is 27.6 Å². The van der Waals surface area contributed by atoms with Crippen molar-refractivity contribution in [1.82, 2.24) is 15.0 Å². The molecule has 1 aliphatic rings. The first-order valence-electron chi connectivity index (χ1n) is 31.1. The number of anilines is 1. The molecular formula is C78H86N10O2.